The van der Waals surface area contributed by atoms with Crippen LogP contribution in [0, 0.1) is 0 Å². The fraction of sp³-hybridized carbons (Fsp3) is 0.364. The van der Waals surface area contributed by atoms with Crippen LogP contribution in [0.3, 0.4) is 0 Å². The summed E-state index contributed by atoms with van der Waals surface area (Å²) in [5.74, 6) is -1.23. The summed E-state index contributed by atoms with van der Waals surface area (Å²) >= 11 is 0. The molecule has 0 aliphatic heterocycles. The lowest BCUT2D eigenvalue weighted by Crippen LogP contribution is -2.37. The van der Waals surface area contributed by atoms with E-state index in [4.69, 9.17) is 4.43 Å². The van der Waals surface area contributed by atoms with Crippen LogP contribution >= 0.6 is 0 Å². The van der Waals surface area contributed by atoms with Gasteiger partial charge in [-0.3, -0.25) is 5.43 Å². The molecule has 0 aromatic heterocycles. The average Bonchev–Trinajstić information content (AvgIpc) is 2.22. The quantitative estimate of drug-likeness (QED) is 0.394. The number of nitrogens with zero attached hydrogens (tertiary/aromatic N) is 1. The van der Waals surface area contributed by atoms with Crippen LogP contribution in [0.5, 0.6) is 0 Å². The van der Waals surface area contributed by atoms with E-state index in [0.717, 1.165) is 0 Å². The number of para-hydroxylation sites is 1. The first-order chi connectivity index (χ1) is 8.18. The molecular formula is C11H15F3N2OSi. The third kappa shape index (κ3) is 5.22. The Bertz CT molecular complexity index is 413. The molecule has 100 valence electrons. The molecule has 18 heavy (non-hydrogen) atoms. The van der Waals surface area contributed by atoms with Crippen molar-refractivity contribution in [2.45, 2.75) is 25.8 Å². The number of anilines is 1. The number of halogens is 3. The summed E-state index contributed by atoms with van der Waals surface area (Å²) in [5.41, 5.74) is 2.81. The predicted molar refractivity (Wildman–Crippen MR) is 68.0 cm³/mol. The number of alkyl halides is 3. The summed E-state index contributed by atoms with van der Waals surface area (Å²) in [6, 6.07) is 8.39. The highest BCUT2D eigenvalue weighted by molar-refractivity contribution is 6.71. The van der Waals surface area contributed by atoms with Gasteiger partial charge < -0.3 is 4.43 Å². The molecule has 0 atom stereocenters. The van der Waals surface area contributed by atoms with Crippen LogP contribution in [0.1, 0.15) is 0 Å². The second-order valence-corrected chi connectivity index (χ2v) is 9.04. The first-order valence-electron chi connectivity index (χ1n) is 5.33. The lowest BCUT2D eigenvalue weighted by molar-refractivity contribution is -0.0716. The first kappa shape index (κ1) is 14.6. The third-order valence-corrected chi connectivity index (χ3v) is 2.51. The topological polar surface area (TPSA) is 33.6 Å². The minimum Gasteiger partial charge on any atom is -0.527 e. The fourth-order valence-electron chi connectivity index (χ4n) is 1.06. The molecule has 0 aliphatic rings. The highest BCUT2D eigenvalue weighted by Crippen LogP contribution is 2.21. The average molecular weight is 276 g/mol. The van der Waals surface area contributed by atoms with Crippen molar-refractivity contribution in [3.8, 4) is 0 Å². The predicted octanol–water partition coefficient (Wildman–Crippen LogP) is 3.83. The summed E-state index contributed by atoms with van der Waals surface area (Å²) in [6.07, 6.45) is -4.60. The van der Waals surface area contributed by atoms with Gasteiger partial charge in [0.25, 0.3) is 0 Å². The Labute approximate surface area is 105 Å². The standard InChI is InChI=1S/C11H15F3N2OSi/c1-18(2,3)17-10(11(12,13)14)16-15-9-7-5-4-6-8-9/h4-8,15H,1-3H3. The van der Waals surface area contributed by atoms with Crippen molar-refractivity contribution in [2.24, 2.45) is 5.10 Å². The molecule has 0 heterocycles. The van der Waals surface area contributed by atoms with Crippen molar-refractivity contribution >= 4 is 19.9 Å². The normalized spacial score (nSPS) is 13.3. The molecule has 0 bridgehead atoms. The molecule has 0 unspecified atom stereocenters. The Morgan fingerprint density at radius 1 is 1.17 bits per heavy atom. The van der Waals surface area contributed by atoms with Crippen molar-refractivity contribution in [1.82, 2.24) is 0 Å². The number of hydrazone groups is 1. The maximum Gasteiger partial charge on any atom is 0.468 e. The van der Waals surface area contributed by atoms with Gasteiger partial charge in [0.05, 0.1) is 5.69 Å². The number of hydrogen-bond acceptors (Lipinski definition) is 3. The van der Waals surface area contributed by atoms with Crippen LogP contribution in [-0.2, 0) is 4.43 Å². The van der Waals surface area contributed by atoms with Gasteiger partial charge in [-0.25, -0.2) is 0 Å². The third-order valence-electron chi connectivity index (χ3n) is 1.71. The summed E-state index contributed by atoms with van der Waals surface area (Å²) in [5, 5.41) is 3.30. The van der Waals surface area contributed by atoms with E-state index in [2.05, 4.69) is 10.5 Å². The van der Waals surface area contributed by atoms with E-state index in [1.165, 1.54) is 0 Å². The number of hydrogen-bond donors (Lipinski definition) is 1. The fourth-order valence-corrected chi connectivity index (χ4v) is 1.80. The Morgan fingerprint density at radius 2 is 1.72 bits per heavy atom. The molecule has 0 saturated heterocycles. The van der Waals surface area contributed by atoms with E-state index in [1.807, 2.05) is 0 Å². The van der Waals surface area contributed by atoms with Gasteiger partial charge in [0.2, 0.25) is 8.32 Å². The number of nitrogens with one attached hydrogen (secondary N) is 1. The summed E-state index contributed by atoms with van der Waals surface area (Å²) < 4.78 is 43.0. The zero-order chi connectivity index (χ0) is 13.8. The Hall–Kier alpha value is -1.50. The number of rotatable bonds is 3. The van der Waals surface area contributed by atoms with E-state index in [-0.39, 0.29) is 0 Å². The maximum absolute atomic E-state index is 12.7. The summed E-state index contributed by atoms with van der Waals surface area (Å²) in [7, 11) is -2.36. The molecule has 0 saturated carbocycles. The van der Waals surface area contributed by atoms with Gasteiger partial charge in [0.1, 0.15) is 0 Å². The van der Waals surface area contributed by atoms with Gasteiger partial charge in [0.15, 0.2) is 0 Å². The highest BCUT2D eigenvalue weighted by Gasteiger charge is 2.41. The van der Waals surface area contributed by atoms with Gasteiger partial charge >= 0.3 is 12.1 Å². The minimum atomic E-state index is -4.60. The van der Waals surface area contributed by atoms with Crippen molar-refractivity contribution in [3.63, 3.8) is 0 Å². The van der Waals surface area contributed by atoms with E-state index < -0.39 is 20.4 Å². The van der Waals surface area contributed by atoms with Gasteiger partial charge in [-0.1, -0.05) is 18.2 Å². The molecule has 1 rings (SSSR count). The Kier molecular flexibility index (Phi) is 4.39. The largest absolute Gasteiger partial charge is 0.527 e. The molecule has 3 nitrogen and oxygen atoms in total. The minimum absolute atomic E-state index is 0.471. The van der Waals surface area contributed by atoms with Crippen LogP contribution < -0.4 is 5.43 Å². The van der Waals surface area contributed by atoms with E-state index >= 15 is 0 Å². The van der Waals surface area contributed by atoms with Crippen molar-refractivity contribution in [2.75, 3.05) is 5.43 Å². The smallest absolute Gasteiger partial charge is 0.468 e. The monoisotopic (exact) mass is 276 g/mol. The van der Waals surface area contributed by atoms with Gasteiger partial charge in [0, 0.05) is 0 Å². The van der Waals surface area contributed by atoms with Crippen LogP contribution in [0.15, 0.2) is 35.4 Å². The molecular weight excluding hydrogens is 261 g/mol. The van der Waals surface area contributed by atoms with Gasteiger partial charge in [-0.15, -0.1) is 5.10 Å². The molecule has 1 aromatic carbocycles. The molecule has 0 amide bonds. The van der Waals surface area contributed by atoms with Crippen molar-refractivity contribution in [1.29, 1.82) is 0 Å². The van der Waals surface area contributed by atoms with Crippen LogP contribution in [0.2, 0.25) is 19.6 Å². The van der Waals surface area contributed by atoms with Gasteiger partial charge in [-0.2, -0.15) is 13.2 Å². The van der Waals surface area contributed by atoms with E-state index in [0.29, 0.717) is 5.69 Å². The Morgan fingerprint density at radius 3 is 2.17 bits per heavy atom. The Balaban J connectivity index is 2.84. The van der Waals surface area contributed by atoms with Crippen LogP contribution in [0.4, 0.5) is 18.9 Å². The zero-order valence-electron chi connectivity index (χ0n) is 10.4. The van der Waals surface area contributed by atoms with Crippen LogP contribution in [-0.4, -0.2) is 20.4 Å². The molecule has 0 fully saturated rings. The van der Waals surface area contributed by atoms with Crippen LogP contribution in [0.25, 0.3) is 0 Å². The molecule has 1 N–H and O–H groups in total. The summed E-state index contributed by atoms with van der Waals surface area (Å²) in [4.78, 5) is 0. The molecule has 0 spiro atoms. The second kappa shape index (κ2) is 5.43. The molecule has 0 radical (unpaired) electrons. The lowest BCUT2D eigenvalue weighted by atomic mass is 10.3. The number of benzene rings is 1. The van der Waals surface area contributed by atoms with Crippen molar-refractivity contribution in [3.05, 3.63) is 30.3 Å². The molecule has 1 aromatic rings. The second-order valence-electron chi connectivity index (χ2n) is 4.61. The lowest BCUT2D eigenvalue weighted by Gasteiger charge is -2.21. The van der Waals surface area contributed by atoms with Gasteiger partial charge in [-0.05, 0) is 31.8 Å². The first-order valence-corrected chi connectivity index (χ1v) is 8.74. The molecule has 7 heteroatoms. The van der Waals surface area contributed by atoms with E-state index in [1.54, 1.807) is 50.0 Å². The van der Waals surface area contributed by atoms with E-state index in [9.17, 15) is 13.2 Å². The SMILES string of the molecule is C[Si](C)(C)OC(=NNc1ccccc1)C(F)(F)F. The molecule has 0 aliphatic carbocycles. The highest BCUT2D eigenvalue weighted by atomic mass is 28.4. The zero-order valence-corrected chi connectivity index (χ0v) is 11.4. The van der Waals surface area contributed by atoms with Crippen molar-refractivity contribution < 1.29 is 17.6 Å². The summed E-state index contributed by atoms with van der Waals surface area (Å²) in [6.45, 7) is 4.99. The maximum atomic E-state index is 12.7.